The third-order valence-corrected chi connectivity index (χ3v) is 3.14. The Morgan fingerprint density at radius 2 is 2.31 bits per heavy atom. The Kier molecular flexibility index (Phi) is 2.66. The van der Waals surface area contributed by atoms with Crippen molar-refractivity contribution in [3.8, 4) is 0 Å². The maximum Gasteiger partial charge on any atom is 0.356 e. The topological polar surface area (TPSA) is 82.2 Å². The van der Waals surface area contributed by atoms with Gasteiger partial charge in [-0.1, -0.05) is 0 Å². The first-order valence-electron chi connectivity index (χ1n) is 4.79. The van der Waals surface area contributed by atoms with Gasteiger partial charge >= 0.3 is 11.1 Å². The van der Waals surface area contributed by atoms with Gasteiger partial charge in [0.25, 0.3) is 0 Å². The van der Waals surface area contributed by atoms with Crippen molar-refractivity contribution in [2.24, 2.45) is 0 Å². The van der Waals surface area contributed by atoms with Gasteiger partial charge in [-0.05, 0) is 36.5 Å². The summed E-state index contributed by atoms with van der Waals surface area (Å²) in [6, 6.07) is 5.17. The SMILES string of the molecule is CCOC(=O)c1ccc2c(c1)sc(N)[n+]2N. The van der Waals surface area contributed by atoms with Crippen LogP contribution in [0.15, 0.2) is 18.2 Å². The Morgan fingerprint density at radius 1 is 1.56 bits per heavy atom. The van der Waals surface area contributed by atoms with Crippen molar-refractivity contribution in [1.82, 2.24) is 0 Å². The van der Waals surface area contributed by atoms with Crippen LogP contribution in [0.25, 0.3) is 10.2 Å². The summed E-state index contributed by atoms with van der Waals surface area (Å²) in [5, 5.41) is 0.496. The molecule has 0 atom stereocenters. The van der Waals surface area contributed by atoms with Crippen molar-refractivity contribution in [1.29, 1.82) is 0 Å². The van der Waals surface area contributed by atoms with E-state index in [-0.39, 0.29) is 5.97 Å². The number of nitrogen functional groups attached to an aromatic ring is 2. The molecule has 0 spiro atoms. The van der Waals surface area contributed by atoms with Crippen molar-refractivity contribution < 1.29 is 14.2 Å². The Bertz CT molecular complexity index is 550. The fourth-order valence-electron chi connectivity index (χ4n) is 1.42. The van der Waals surface area contributed by atoms with Crippen LogP contribution >= 0.6 is 11.3 Å². The molecule has 0 bridgehead atoms. The highest BCUT2D eigenvalue weighted by Crippen LogP contribution is 2.22. The number of nitrogens with two attached hydrogens (primary N) is 2. The number of carbonyl (C=O) groups excluding carboxylic acids is 1. The summed E-state index contributed by atoms with van der Waals surface area (Å²) in [6.07, 6.45) is 0. The number of benzene rings is 1. The first-order valence-corrected chi connectivity index (χ1v) is 5.61. The van der Waals surface area contributed by atoms with Gasteiger partial charge in [0, 0.05) is 0 Å². The van der Waals surface area contributed by atoms with Gasteiger partial charge in [-0.2, -0.15) is 0 Å². The van der Waals surface area contributed by atoms with Gasteiger partial charge < -0.3 is 4.74 Å². The summed E-state index contributed by atoms with van der Waals surface area (Å²) in [4.78, 5) is 11.5. The number of fused-ring (bicyclic) bond motifs is 1. The van der Waals surface area contributed by atoms with Crippen LogP contribution in [-0.2, 0) is 4.74 Å². The predicted octanol–water partition coefficient (Wildman–Crippen LogP) is 0.662. The Labute approximate surface area is 96.2 Å². The quantitative estimate of drug-likeness (QED) is 0.457. The van der Waals surface area contributed by atoms with E-state index < -0.39 is 0 Å². The van der Waals surface area contributed by atoms with Crippen LogP contribution in [0.4, 0.5) is 5.13 Å². The number of hydrogen-bond acceptors (Lipinski definition) is 5. The molecule has 1 aromatic carbocycles. The largest absolute Gasteiger partial charge is 0.462 e. The molecule has 0 amide bonds. The second-order valence-electron chi connectivity index (χ2n) is 3.21. The van der Waals surface area contributed by atoms with Gasteiger partial charge in [-0.15, -0.1) is 4.68 Å². The van der Waals surface area contributed by atoms with Crippen molar-refractivity contribution in [2.45, 2.75) is 6.92 Å². The lowest BCUT2D eigenvalue weighted by molar-refractivity contribution is -0.591. The summed E-state index contributed by atoms with van der Waals surface area (Å²) in [5.74, 6) is 5.38. The molecule has 2 rings (SSSR count). The van der Waals surface area contributed by atoms with Crippen LogP contribution in [0.1, 0.15) is 17.3 Å². The van der Waals surface area contributed by atoms with Gasteiger partial charge in [0.2, 0.25) is 0 Å². The lowest BCUT2D eigenvalue weighted by atomic mass is 10.2. The Morgan fingerprint density at radius 3 is 3.00 bits per heavy atom. The molecule has 4 N–H and O–H groups in total. The van der Waals surface area contributed by atoms with Crippen molar-refractivity contribution in [2.75, 3.05) is 18.2 Å². The molecule has 0 unspecified atom stereocenters. The van der Waals surface area contributed by atoms with E-state index in [9.17, 15) is 4.79 Å². The number of thiazole rings is 1. The molecule has 5 nitrogen and oxygen atoms in total. The number of aromatic nitrogens is 1. The molecule has 0 saturated heterocycles. The van der Waals surface area contributed by atoms with E-state index in [4.69, 9.17) is 16.3 Å². The molecule has 1 aromatic heterocycles. The second kappa shape index (κ2) is 3.97. The molecule has 84 valence electrons. The van der Waals surface area contributed by atoms with Crippen molar-refractivity contribution in [3.05, 3.63) is 23.8 Å². The average Bonchev–Trinajstić information content (AvgIpc) is 2.55. The number of rotatable bonds is 2. The number of nitrogens with zero attached hydrogens (tertiary/aromatic N) is 1. The minimum absolute atomic E-state index is 0.333. The number of carbonyl (C=O) groups is 1. The zero-order valence-electron chi connectivity index (χ0n) is 8.77. The molecule has 1 heterocycles. The maximum absolute atomic E-state index is 11.5. The number of anilines is 1. The summed E-state index contributed by atoms with van der Waals surface area (Å²) in [6.45, 7) is 2.13. The highest BCUT2D eigenvalue weighted by atomic mass is 32.1. The highest BCUT2D eigenvalue weighted by molar-refractivity contribution is 7.21. The first-order chi connectivity index (χ1) is 7.63. The zero-order valence-corrected chi connectivity index (χ0v) is 9.58. The van der Waals surface area contributed by atoms with Crippen LogP contribution in [0, 0.1) is 0 Å². The highest BCUT2D eigenvalue weighted by Gasteiger charge is 2.15. The van der Waals surface area contributed by atoms with E-state index in [1.807, 2.05) is 0 Å². The molecule has 0 saturated carbocycles. The van der Waals surface area contributed by atoms with Crippen molar-refractivity contribution >= 4 is 32.7 Å². The van der Waals surface area contributed by atoms with Crippen LogP contribution < -0.4 is 16.3 Å². The Balaban J connectivity index is 2.48. The van der Waals surface area contributed by atoms with Crippen LogP contribution in [0.2, 0.25) is 0 Å². The van der Waals surface area contributed by atoms with E-state index in [1.165, 1.54) is 16.0 Å². The van der Waals surface area contributed by atoms with Gasteiger partial charge in [-0.25, -0.2) is 4.79 Å². The minimum Gasteiger partial charge on any atom is -0.462 e. The van der Waals surface area contributed by atoms with Crippen LogP contribution in [0.5, 0.6) is 0 Å². The fourth-order valence-corrected chi connectivity index (χ4v) is 2.30. The minimum atomic E-state index is -0.333. The summed E-state index contributed by atoms with van der Waals surface area (Å²) in [7, 11) is 0. The van der Waals surface area contributed by atoms with Gasteiger partial charge in [0.15, 0.2) is 5.52 Å². The molecule has 0 aliphatic carbocycles. The van der Waals surface area contributed by atoms with E-state index in [1.54, 1.807) is 25.1 Å². The summed E-state index contributed by atoms with van der Waals surface area (Å²) < 4.78 is 7.17. The third-order valence-electron chi connectivity index (χ3n) is 2.18. The van der Waals surface area contributed by atoms with E-state index in [0.717, 1.165) is 10.2 Å². The maximum atomic E-state index is 11.5. The molecule has 0 aliphatic rings. The van der Waals surface area contributed by atoms with Gasteiger partial charge in [0.1, 0.15) is 0 Å². The van der Waals surface area contributed by atoms with Crippen LogP contribution in [-0.4, -0.2) is 12.6 Å². The smallest absolute Gasteiger partial charge is 0.356 e. The average molecular weight is 238 g/mol. The lowest BCUT2D eigenvalue weighted by Gasteiger charge is -2.00. The number of ether oxygens (including phenoxy) is 1. The monoisotopic (exact) mass is 238 g/mol. The molecule has 0 fully saturated rings. The van der Waals surface area contributed by atoms with E-state index in [2.05, 4.69) is 0 Å². The normalized spacial score (nSPS) is 10.6. The second-order valence-corrected chi connectivity index (χ2v) is 4.28. The molecular weight excluding hydrogens is 226 g/mol. The van der Waals surface area contributed by atoms with E-state index in [0.29, 0.717) is 17.3 Å². The molecule has 0 radical (unpaired) electrons. The first kappa shape index (κ1) is 10.7. The summed E-state index contributed by atoms with van der Waals surface area (Å²) in [5.41, 5.74) is 6.99. The molecule has 6 heteroatoms. The fraction of sp³-hybridized carbons (Fsp3) is 0.200. The van der Waals surface area contributed by atoms with Gasteiger partial charge in [-0.3, -0.25) is 11.6 Å². The zero-order chi connectivity index (χ0) is 11.7. The van der Waals surface area contributed by atoms with E-state index >= 15 is 0 Å². The Hall–Kier alpha value is -1.82. The van der Waals surface area contributed by atoms with Crippen molar-refractivity contribution in [3.63, 3.8) is 0 Å². The molecular formula is C10H12N3O2S+. The molecule has 2 aromatic rings. The standard InChI is InChI=1S/C10H11N3O2S/c1-2-15-9(14)6-3-4-7-8(5-6)16-10(11)13(7)12/h3-5,11H,2,12H2,1H3/p+1. The molecule has 0 aliphatic heterocycles. The number of hydrogen-bond donors (Lipinski definition) is 2. The third kappa shape index (κ3) is 1.67. The number of esters is 1. The predicted molar refractivity (Wildman–Crippen MR) is 62.5 cm³/mol. The summed E-state index contributed by atoms with van der Waals surface area (Å²) >= 11 is 1.34. The lowest BCUT2D eigenvalue weighted by Crippen LogP contribution is -2.45. The molecule has 16 heavy (non-hydrogen) atoms. The van der Waals surface area contributed by atoms with Gasteiger partial charge in [0.05, 0.1) is 16.9 Å². The van der Waals surface area contributed by atoms with Crippen LogP contribution in [0.3, 0.4) is 0 Å².